The molecule has 1 fully saturated rings. The third-order valence-electron chi connectivity index (χ3n) is 1.58. The standard InChI is InChI=1S/C4H8O3S.K.H/c1-4(2-3-4)8(5,6)7;;/h2-3H2,1H3,(H,5,6,7);;/q;+1;-1. The third-order valence-corrected chi connectivity index (χ3v) is 3.23. The molecular weight excluding hydrogens is 167 g/mol. The van der Waals surface area contributed by atoms with E-state index >= 15 is 0 Å². The van der Waals surface area contributed by atoms with Gasteiger partial charge in [-0.15, -0.1) is 0 Å². The predicted molar refractivity (Wildman–Crippen MR) is 30.3 cm³/mol. The molecule has 0 spiro atoms. The topological polar surface area (TPSA) is 54.4 Å². The summed E-state index contributed by atoms with van der Waals surface area (Å²) in [6.07, 6.45) is 1.21. The summed E-state index contributed by atoms with van der Waals surface area (Å²) in [6.45, 7) is 1.54. The normalized spacial score (nSPS) is 22.4. The van der Waals surface area contributed by atoms with Crippen molar-refractivity contribution < 1.29 is 65.8 Å². The van der Waals surface area contributed by atoms with Crippen molar-refractivity contribution in [3.05, 3.63) is 0 Å². The molecule has 1 aliphatic carbocycles. The Kier molecular flexibility index (Phi) is 3.38. The van der Waals surface area contributed by atoms with E-state index in [2.05, 4.69) is 0 Å². The van der Waals surface area contributed by atoms with E-state index in [1.807, 2.05) is 0 Å². The summed E-state index contributed by atoms with van der Waals surface area (Å²) in [4.78, 5) is 0. The fraction of sp³-hybridized carbons (Fsp3) is 1.00. The fourth-order valence-electron chi connectivity index (χ4n) is 0.434. The van der Waals surface area contributed by atoms with Gasteiger partial charge in [0.1, 0.15) is 0 Å². The van der Waals surface area contributed by atoms with Gasteiger partial charge in [-0.25, -0.2) is 0 Å². The van der Waals surface area contributed by atoms with Crippen molar-refractivity contribution in [1.82, 2.24) is 0 Å². The van der Waals surface area contributed by atoms with Gasteiger partial charge in [-0.05, 0) is 19.8 Å². The average molecular weight is 176 g/mol. The monoisotopic (exact) mass is 176 g/mol. The van der Waals surface area contributed by atoms with Gasteiger partial charge in [0.05, 0.1) is 4.75 Å². The summed E-state index contributed by atoms with van der Waals surface area (Å²) in [6, 6.07) is 0. The van der Waals surface area contributed by atoms with Gasteiger partial charge in [0, 0.05) is 0 Å². The number of hydrogen-bond acceptors (Lipinski definition) is 2. The van der Waals surface area contributed by atoms with E-state index < -0.39 is 14.9 Å². The van der Waals surface area contributed by atoms with E-state index in [0.29, 0.717) is 12.8 Å². The molecule has 5 heteroatoms. The van der Waals surface area contributed by atoms with Crippen LogP contribution in [0.15, 0.2) is 0 Å². The molecule has 0 aromatic rings. The second kappa shape index (κ2) is 2.88. The summed E-state index contributed by atoms with van der Waals surface area (Å²) in [5.41, 5.74) is 0. The Balaban J connectivity index is 0. The van der Waals surface area contributed by atoms with Crippen LogP contribution in [0.4, 0.5) is 0 Å². The van der Waals surface area contributed by atoms with Crippen LogP contribution in [-0.2, 0) is 10.1 Å². The Bertz CT molecular complexity index is 197. The maximum Gasteiger partial charge on any atom is 1.00 e. The van der Waals surface area contributed by atoms with Crippen LogP contribution in [0.25, 0.3) is 0 Å². The van der Waals surface area contributed by atoms with Gasteiger partial charge >= 0.3 is 51.4 Å². The van der Waals surface area contributed by atoms with E-state index in [0.717, 1.165) is 0 Å². The molecule has 0 heterocycles. The Morgan fingerprint density at radius 2 is 1.89 bits per heavy atom. The predicted octanol–water partition coefficient (Wildman–Crippen LogP) is -2.46. The van der Waals surface area contributed by atoms with Crippen molar-refractivity contribution in [3.63, 3.8) is 0 Å². The minimum absolute atomic E-state index is 0. The van der Waals surface area contributed by atoms with Gasteiger partial charge in [-0.3, -0.25) is 4.55 Å². The van der Waals surface area contributed by atoms with Gasteiger partial charge in [0.2, 0.25) is 0 Å². The molecule has 1 aliphatic rings. The molecule has 1 saturated carbocycles. The summed E-state index contributed by atoms with van der Waals surface area (Å²) < 4.78 is 28.1. The SMILES string of the molecule is CC1(S(=O)(=O)O)CC1.[H-].[K+]. The number of rotatable bonds is 1. The van der Waals surface area contributed by atoms with Gasteiger partial charge in [0.15, 0.2) is 0 Å². The quantitative estimate of drug-likeness (QED) is 0.356. The van der Waals surface area contributed by atoms with Crippen LogP contribution in [0.5, 0.6) is 0 Å². The molecule has 0 amide bonds. The molecule has 0 radical (unpaired) electrons. The Labute approximate surface area is 98.9 Å². The summed E-state index contributed by atoms with van der Waals surface area (Å²) >= 11 is 0. The maximum absolute atomic E-state index is 10.3. The minimum atomic E-state index is -3.73. The number of hydrogen-bond donors (Lipinski definition) is 1. The second-order valence-corrected chi connectivity index (χ2v) is 4.36. The molecule has 1 rings (SSSR count). The molecule has 3 nitrogen and oxygen atoms in total. The zero-order valence-electron chi connectivity index (χ0n) is 6.59. The zero-order chi connectivity index (χ0) is 6.41. The zero-order valence-corrected chi connectivity index (χ0v) is 9.53. The summed E-state index contributed by atoms with van der Waals surface area (Å²) in [7, 11) is -3.73. The minimum Gasteiger partial charge on any atom is -1.00 e. The molecular formula is C4H9KO3S. The molecule has 0 atom stereocenters. The van der Waals surface area contributed by atoms with Crippen molar-refractivity contribution in [2.75, 3.05) is 0 Å². The van der Waals surface area contributed by atoms with Crippen molar-refractivity contribution >= 4 is 10.1 Å². The van der Waals surface area contributed by atoms with Gasteiger partial charge in [0.25, 0.3) is 10.1 Å². The van der Waals surface area contributed by atoms with E-state index in [9.17, 15) is 8.42 Å². The molecule has 9 heavy (non-hydrogen) atoms. The molecule has 1 N–H and O–H groups in total. The van der Waals surface area contributed by atoms with Crippen LogP contribution in [0.2, 0.25) is 0 Å². The van der Waals surface area contributed by atoms with Crippen LogP contribution >= 0.6 is 0 Å². The van der Waals surface area contributed by atoms with Gasteiger partial charge in [-0.2, -0.15) is 8.42 Å². The molecule has 0 bridgehead atoms. The first kappa shape index (κ1) is 10.5. The van der Waals surface area contributed by atoms with Crippen LogP contribution < -0.4 is 51.4 Å². The van der Waals surface area contributed by atoms with E-state index in [1.54, 1.807) is 6.92 Å². The second-order valence-electron chi connectivity index (χ2n) is 2.42. The molecule has 50 valence electrons. The van der Waals surface area contributed by atoms with Gasteiger partial charge < -0.3 is 1.43 Å². The smallest absolute Gasteiger partial charge is 1.00 e. The van der Waals surface area contributed by atoms with E-state index in [-0.39, 0.29) is 52.8 Å². The summed E-state index contributed by atoms with van der Waals surface area (Å²) in [5.74, 6) is 0. The first-order valence-electron chi connectivity index (χ1n) is 2.43. The van der Waals surface area contributed by atoms with Crippen LogP contribution in [0, 0.1) is 0 Å². The molecule has 0 saturated heterocycles. The summed E-state index contributed by atoms with van der Waals surface area (Å²) in [5, 5.41) is 0. The Hall–Kier alpha value is 1.55. The van der Waals surface area contributed by atoms with Crippen molar-refractivity contribution in [3.8, 4) is 0 Å². The van der Waals surface area contributed by atoms with Gasteiger partial charge in [-0.1, -0.05) is 0 Å². The Morgan fingerprint density at radius 3 is 1.89 bits per heavy atom. The average Bonchev–Trinajstić information content (AvgIpc) is 2.16. The first-order valence-corrected chi connectivity index (χ1v) is 3.87. The molecule has 0 aliphatic heterocycles. The maximum atomic E-state index is 10.3. The van der Waals surface area contributed by atoms with Crippen molar-refractivity contribution in [2.45, 2.75) is 24.5 Å². The van der Waals surface area contributed by atoms with E-state index in [1.165, 1.54) is 0 Å². The van der Waals surface area contributed by atoms with E-state index in [4.69, 9.17) is 4.55 Å². The fourth-order valence-corrected chi connectivity index (χ4v) is 1.05. The van der Waals surface area contributed by atoms with Crippen LogP contribution in [0.1, 0.15) is 21.2 Å². The van der Waals surface area contributed by atoms with Crippen molar-refractivity contribution in [1.29, 1.82) is 0 Å². The van der Waals surface area contributed by atoms with Crippen LogP contribution in [-0.4, -0.2) is 17.7 Å². The Morgan fingerprint density at radius 1 is 1.56 bits per heavy atom. The molecule has 0 aromatic heterocycles. The largest absolute Gasteiger partial charge is 1.00 e. The third kappa shape index (κ3) is 2.25. The molecule has 0 unspecified atom stereocenters. The van der Waals surface area contributed by atoms with Crippen molar-refractivity contribution in [2.24, 2.45) is 0 Å². The molecule has 0 aromatic carbocycles. The first-order chi connectivity index (χ1) is 3.46. The van der Waals surface area contributed by atoms with Crippen LogP contribution in [0.3, 0.4) is 0 Å².